The van der Waals surface area contributed by atoms with Crippen molar-refractivity contribution in [2.45, 2.75) is 38.8 Å². The van der Waals surface area contributed by atoms with Crippen molar-refractivity contribution in [3.05, 3.63) is 35.9 Å². The van der Waals surface area contributed by atoms with Gasteiger partial charge in [0.2, 0.25) is 0 Å². The summed E-state index contributed by atoms with van der Waals surface area (Å²) in [6.07, 6.45) is 7.48. The molecule has 0 atom stereocenters. The lowest BCUT2D eigenvalue weighted by Gasteiger charge is -2.17. The van der Waals surface area contributed by atoms with E-state index in [9.17, 15) is 0 Å². The Morgan fingerprint density at radius 3 is 2.62 bits per heavy atom. The molecule has 0 radical (unpaired) electrons. The summed E-state index contributed by atoms with van der Waals surface area (Å²) >= 11 is 0. The second-order valence-electron chi connectivity index (χ2n) is 5.54. The molecule has 0 saturated heterocycles. The summed E-state index contributed by atoms with van der Waals surface area (Å²) in [5.74, 6) is 2.38. The molecule has 0 amide bonds. The van der Waals surface area contributed by atoms with E-state index < -0.39 is 0 Å². The summed E-state index contributed by atoms with van der Waals surface area (Å²) in [6, 6.07) is 6.45. The third kappa shape index (κ3) is 6.22. The Morgan fingerprint density at radius 1 is 1.25 bits per heavy atom. The number of aliphatic imine (C=N–C) groups is 1. The van der Waals surface area contributed by atoms with Gasteiger partial charge in [-0.2, -0.15) is 0 Å². The molecule has 1 aliphatic carbocycles. The Balaban J connectivity index is 0.00000288. The van der Waals surface area contributed by atoms with Crippen LogP contribution in [0.4, 0.5) is 0 Å². The first-order chi connectivity index (χ1) is 11.3. The number of nitrogens with zero attached hydrogens (tertiary/aromatic N) is 1. The number of hydrogen-bond donors (Lipinski definition) is 2. The molecule has 0 unspecified atom stereocenters. The van der Waals surface area contributed by atoms with Crippen molar-refractivity contribution in [2.75, 3.05) is 20.8 Å². The summed E-state index contributed by atoms with van der Waals surface area (Å²) in [6.45, 7) is 3.47. The van der Waals surface area contributed by atoms with Gasteiger partial charge in [-0.05, 0) is 37.0 Å². The van der Waals surface area contributed by atoms with Gasteiger partial charge >= 0.3 is 0 Å². The van der Waals surface area contributed by atoms with Gasteiger partial charge in [-0.1, -0.05) is 25.1 Å². The molecule has 0 spiro atoms. The van der Waals surface area contributed by atoms with E-state index in [4.69, 9.17) is 9.47 Å². The molecule has 1 aromatic carbocycles. The van der Waals surface area contributed by atoms with Gasteiger partial charge in [-0.3, -0.25) is 4.99 Å². The van der Waals surface area contributed by atoms with Crippen LogP contribution in [0.3, 0.4) is 0 Å². The monoisotopic (exact) mass is 445 g/mol. The third-order valence-corrected chi connectivity index (χ3v) is 3.72. The van der Waals surface area contributed by atoms with Crippen molar-refractivity contribution in [3.8, 4) is 11.5 Å². The summed E-state index contributed by atoms with van der Waals surface area (Å²) in [4.78, 5) is 4.28. The van der Waals surface area contributed by atoms with E-state index in [1.807, 2.05) is 18.2 Å². The van der Waals surface area contributed by atoms with Gasteiger partial charge in [0.25, 0.3) is 0 Å². The molecule has 6 heteroatoms. The summed E-state index contributed by atoms with van der Waals surface area (Å²) in [7, 11) is 3.46. The van der Waals surface area contributed by atoms with Crippen molar-refractivity contribution in [3.63, 3.8) is 0 Å². The first kappa shape index (κ1) is 20.6. The Morgan fingerprint density at radius 2 is 2.00 bits per heavy atom. The Hall–Kier alpha value is -1.44. The number of hydrogen-bond acceptors (Lipinski definition) is 3. The van der Waals surface area contributed by atoms with Gasteiger partial charge in [0, 0.05) is 19.6 Å². The maximum absolute atomic E-state index is 5.68. The fourth-order valence-corrected chi connectivity index (χ4v) is 2.46. The van der Waals surface area contributed by atoms with E-state index in [1.165, 1.54) is 0 Å². The van der Waals surface area contributed by atoms with E-state index in [1.54, 1.807) is 14.2 Å². The molecule has 2 rings (SSSR count). The van der Waals surface area contributed by atoms with E-state index in [-0.39, 0.29) is 24.0 Å². The normalized spacial score (nSPS) is 14.2. The lowest BCUT2D eigenvalue weighted by Crippen LogP contribution is -2.42. The van der Waals surface area contributed by atoms with Crippen LogP contribution in [0, 0.1) is 0 Å². The van der Waals surface area contributed by atoms with Crippen molar-refractivity contribution >= 4 is 29.9 Å². The molecule has 2 N–H and O–H groups in total. The largest absolute Gasteiger partial charge is 0.493 e. The highest BCUT2D eigenvalue weighted by Gasteiger charge is 2.12. The van der Waals surface area contributed by atoms with Crippen LogP contribution in [0.15, 0.2) is 35.3 Å². The van der Waals surface area contributed by atoms with Crippen LogP contribution in [-0.4, -0.2) is 32.8 Å². The number of ether oxygens (including phenoxy) is 2. The minimum absolute atomic E-state index is 0. The maximum Gasteiger partial charge on any atom is 0.191 e. The van der Waals surface area contributed by atoms with Crippen LogP contribution in [0.25, 0.3) is 0 Å². The Labute approximate surface area is 161 Å². The molecular weight excluding hydrogens is 417 g/mol. The third-order valence-electron chi connectivity index (χ3n) is 3.72. The van der Waals surface area contributed by atoms with Gasteiger partial charge in [-0.15, -0.1) is 24.0 Å². The fourth-order valence-electron chi connectivity index (χ4n) is 2.46. The van der Waals surface area contributed by atoms with E-state index >= 15 is 0 Å². The number of benzene rings is 1. The predicted molar refractivity (Wildman–Crippen MR) is 110 cm³/mol. The van der Waals surface area contributed by atoms with Crippen LogP contribution in [0.5, 0.6) is 11.5 Å². The lowest BCUT2D eigenvalue weighted by atomic mass is 10.2. The number of rotatable bonds is 7. The van der Waals surface area contributed by atoms with Crippen LogP contribution >= 0.6 is 24.0 Å². The van der Waals surface area contributed by atoms with Crippen molar-refractivity contribution in [2.24, 2.45) is 4.99 Å². The van der Waals surface area contributed by atoms with E-state index in [0.29, 0.717) is 19.2 Å². The summed E-state index contributed by atoms with van der Waals surface area (Å²) < 4.78 is 11.1. The Kier molecular flexibility index (Phi) is 9.59. The van der Waals surface area contributed by atoms with Gasteiger partial charge in [-0.25, -0.2) is 0 Å². The first-order valence-corrected chi connectivity index (χ1v) is 8.18. The summed E-state index contributed by atoms with van der Waals surface area (Å²) in [5, 5.41) is 6.77. The minimum atomic E-state index is 0. The molecule has 1 aliphatic rings. The predicted octanol–water partition coefficient (Wildman–Crippen LogP) is 3.49. The SMILES string of the molecule is CCCOc1ccc(CNC(=NC)NC2CC=CC2)cc1OC.I. The molecule has 0 heterocycles. The zero-order valence-corrected chi connectivity index (χ0v) is 17.0. The van der Waals surface area contributed by atoms with E-state index in [0.717, 1.165) is 42.3 Å². The van der Waals surface area contributed by atoms with Crippen molar-refractivity contribution in [1.82, 2.24) is 10.6 Å². The molecule has 0 aliphatic heterocycles. The molecule has 0 fully saturated rings. The first-order valence-electron chi connectivity index (χ1n) is 8.18. The van der Waals surface area contributed by atoms with Gasteiger partial charge in [0.1, 0.15) is 0 Å². The maximum atomic E-state index is 5.68. The quantitative estimate of drug-likeness (QED) is 0.292. The van der Waals surface area contributed by atoms with Crippen LogP contribution in [-0.2, 0) is 6.54 Å². The number of methoxy groups -OCH3 is 1. The van der Waals surface area contributed by atoms with Gasteiger partial charge in [0.15, 0.2) is 17.5 Å². The summed E-state index contributed by atoms with van der Waals surface area (Å²) in [5.41, 5.74) is 1.12. The molecule has 134 valence electrons. The topological polar surface area (TPSA) is 54.9 Å². The second kappa shape index (κ2) is 11.2. The number of guanidine groups is 1. The Bertz CT molecular complexity index is 553. The molecule has 5 nitrogen and oxygen atoms in total. The minimum Gasteiger partial charge on any atom is -0.493 e. The molecular formula is C18H28IN3O2. The molecule has 0 saturated carbocycles. The van der Waals surface area contributed by atoms with E-state index in [2.05, 4.69) is 34.7 Å². The highest BCUT2D eigenvalue weighted by molar-refractivity contribution is 14.0. The fraction of sp³-hybridized carbons (Fsp3) is 0.500. The zero-order valence-electron chi connectivity index (χ0n) is 14.7. The van der Waals surface area contributed by atoms with Crippen molar-refractivity contribution in [1.29, 1.82) is 0 Å². The van der Waals surface area contributed by atoms with Gasteiger partial charge < -0.3 is 20.1 Å². The highest BCUT2D eigenvalue weighted by Crippen LogP contribution is 2.28. The van der Waals surface area contributed by atoms with Crippen LogP contribution in [0.2, 0.25) is 0 Å². The highest BCUT2D eigenvalue weighted by atomic mass is 127. The molecule has 0 bridgehead atoms. The van der Waals surface area contributed by atoms with Crippen LogP contribution < -0.4 is 20.1 Å². The molecule has 24 heavy (non-hydrogen) atoms. The van der Waals surface area contributed by atoms with Crippen LogP contribution in [0.1, 0.15) is 31.7 Å². The second-order valence-corrected chi connectivity index (χ2v) is 5.54. The average molecular weight is 445 g/mol. The number of halogens is 1. The molecule has 0 aromatic heterocycles. The smallest absolute Gasteiger partial charge is 0.191 e. The zero-order chi connectivity index (χ0) is 16.5. The lowest BCUT2D eigenvalue weighted by molar-refractivity contribution is 0.294. The van der Waals surface area contributed by atoms with Gasteiger partial charge in [0.05, 0.1) is 13.7 Å². The standard InChI is InChI=1S/C18H27N3O2.HI/c1-4-11-23-16-10-9-14(12-17(16)22-3)13-20-18(19-2)21-15-7-5-6-8-15;/h5-6,9-10,12,15H,4,7-8,11,13H2,1-3H3,(H2,19,20,21);1H. The van der Waals surface area contributed by atoms with Crippen molar-refractivity contribution < 1.29 is 9.47 Å². The molecule has 1 aromatic rings. The number of nitrogens with one attached hydrogen (secondary N) is 2. The average Bonchev–Trinajstić information content (AvgIpc) is 3.10.